The lowest BCUT2D eigenvalue weighted by Gasteiger charge is -2.19. The Balaban J connectivity index is 3.79. The maximum atomic E-state index is 11.6. The minimum absolute atomic E-state index is 0.138. The van der Waals surface area contributed by atoms with Crippen LogP contribution in [0.3, 0.4) is 0 Å². The van der Waals surface area contributed by atoms with Crippen LogP contribution < -0.4 is 5.32 Å². The van der Waals surface area contributed by atoms with Crippen molar-refractivity contribution in [2.45, 2.75) is 26.7 Å². The van der Waals surface area contributed by atoms with E-state index in [1.165, 1.54) is 18.9 Å². The second kappa shape index (κ2) is 9.18. The van der Waals surface area contributed by atoms with Crippen molar-refractivity contribution in [3.05, 3.63) is 0 Å². The molecule has 0 radical (unpaired) electrons. The highest BCUT2D eigenvalue weighted by Gasteiger charge is 2.16. The van der Waals surface area contributed by atoms with Gasteiger partial charge in [0.25, 0.3) is 0 Å². The molecule has 0 saturated carbocycles. The Hall–Kier alpha value is -1.79. The van der Waals surface area contributed by atoms with Crippen molar-refractivity contribution in [2.75, 3.05) is 26.7 Å². The normalized spacial score (nSPS) is 11.5. The topological polar surface area (TPSA) is 95.9 Å². The largest absolute Gasteiger partial charge is 0.481 e. The molecule has 0 aliphatic carbocycles. The van der Waals surface area contributed by atoms with E-state index in [1.807, 2.05) is 0 Å². The van der Waals surface area contributed by atoms with E-state index in [-0.39, 0.29) is 25.0 Å². The van der Waals surface area contributed by atoms with E-state index in [2.05, 4.69) is 5.32 Å². The summed E-state index contributed by atoms with van der Waals surface area (Å²) in [4.78, 5) is 34.6. The first-order valence-electron chi connectivity index (χ1n) is 6.25. The molecule has 2 amide bonds. The highest BCUT2D eigenvalue weighted by Crippen LogP contribution is 1.98. The monoisotopic (exact) mass is 274 g/mol. The van der Waals surface area contributed by atoms with Gasteiger partial charge < -0.3 is 20.1 Å². The van der Waals surface area contributed by atoms with Crippen LogP contribution in [-0.2, 0) is 14.3 Å². The number of carboxylic acids is 1. The lowest BCUT2D eigenvalue weighted by atomic mass is 10.2. The van der Waals surface area contributed by atoms with Crippen molar-refractivity contribution in [1.29, 1.82) is 0 Å². The molecule has 0 bridgehead atoms. The number of carbonyl (C=O) groups excluding carboxylic acids is 2. The molecular weight excluding hydrogens is 252 g/mol. The van der Waals surface area contributed by atoms with E-state index in [0.29, 0.717) is 19.6 Å². The number of carboxylic acid groups (broad SMARTS) is 1. The Morgan fingerprint density at radius 1 is 1.37 bits per heavy atom. The number of hydrogen-bond acceptors (Lipinski definition) is 4. The Labute approximate surface area is 112 Å². The van der Waals surface area contributed by atoms with Crippen LogP contribution >= 0.6 is 0 Å². The summed E-state index contributed by atoms with van der Waals surface area (Å²) in [6, 6.07) is -0.350. The van der Waals surface area contributed by atoms with E-state index in [9.17, 15) is 14.4 Å². The molecule has 0 fully saturated rings. The smallest absolute Gasteiger partial charge is 0.317 e. The van der Waals surface area contributed by atoms with Gasteiger partial charge in [0, 0.05) is 26.6 Å². The average molecular weight is 274 g/mol. The number of esters is 1. The van der Waals surface area contributed by atoms with Gasteiger partial charge in [-0.15, -0.1) is 0 Å². The van der Waals surface area contributed by atoms with Crippen molar-refractivity contribution in [2.24, 2.45) is 5.92 Å². The first-order chi connectivity index (χ1) is 8.88. The summed E-state index contributed by atoms with van der Waals surface area (Å²) < 4.78 is 4.75. The van der Waals surface area contributed by atoms with Crippen molar-refractivity contribution < 1.29 is 24.2 Å². The Morgan fingerprint density at radius 3 is 2.53 bits per heavy atom. The molecule has 0 aliphatic heterocycles. The lowest BCUT2D eigenvalue weighted by molar-refractivity contribution is -0.143. The number of aliphatic carboxylic acids is 1. The predicted molar refractivity (Wildman–Crippen MR) is 68.7 cm³/mol. The molecule has 0 aliphatic rings. The van der Waals surface area contributed by atoms with Crippen LogP contribution in [0.5, 0.6) is 0 Å². The molecule has 0 saturated heterocycles. The molecule has 110 valence electrons. The maximum Gasteiger partial charge on any atom is 0.317 e. The summed E-state index contributed by atoms with van der Waals surface area (Å²) in [6.45, 7) is 4.11. The Morgan fingerprint density at radius 2 is 2.00 bits per heavy atom. The standard InChI is InChI=1S/C12H22N2O5/c1-4-19-10(15)6-5-7-13-12(18)14(3)8-9(2)11(16)17/h9H,4-8H2,1-3H3,(H,13,18)(H,16,17). The molecule has 1 atom stereocenters. The number of urea groups is 1. The third kappa shape index (κ3) is 8.01. The summed E-state index contributed by atoms with van der Waals surface area (Å²) in [5.41, 5.74) is 0. The SMILES string of the molecule is CCOC(=O)CCCNC(=O)N(C)CC(C)C(=O)O. The van der Waals surface area contributed by atoms with Crippen LogP contribution in [0.4, 0.5) is 4.79 Å². The number of carbonyl (C=O) groups is 3. The fourth-order valence-electron chi connectivity index (χ4n) is 1.37. The van der Waals surface area contributed by atoms with Gasteiger partial charge >= 0.3 is 18.0 Å². The van der Waals surface area contributed by atoms with E-state index in [0.717, 1.165) is 0 Å². The van der Waals surface area contributed by atoms with E-state index in [4.69, 9.17) is 9.84 Å². The first kappa shape index (κ1) is 17.2. The summed E-state index contributed by atoms with van der Waals surface area (Å²) >= 11 is 0. The zero-order valence-electron chi connectivity index (χ0n) is 11.6. The molecule has 7 heteroatoms. The summed E-state index contributed by atoms with van der Waals surface area (Å²) in [7, 11) is 1.53. The van der Waals surface area contributed by atoms with E-state index < -0.39 is 11.9 Å². The molecule has 2 N–H and O–H groups in total. The molecule has 19 heavy (non-hydrogen) atoms. The number of amides is 2. The number of rotatable bonds is 8. The Bertz CT molecular complexity index is 319. The highest BCUT2D eigenvalue weighted by atomic mass is 16.5. The van der Waals surface area contributed by atoms with Gasteiger partial charge in [-0.25, -0.2) is 4.79 Å². The highest BCUT2D eigenvalue weighted by molar-refractivity contribution is 5.75. The molecule has 0 aromatic carbocycles. The summed E-state index contributed by atoms with van der Waals surface area (Å²) in [5.74, 6) is -1.85. The second-order valence-electron chi connectivity index (χ2n) is 4.26. The number of ether oxygens (including phenoxy) is 1. The van der Waals surface area contributed by atoms with Gasteiger partial charge in [0.2, 0.25) is 0 Å². The predicted octanol–water partition coefficient (Wildman–Crippen LogP) is 0.692. The minimum Gasteiger partial charge on any atom is -0.481 e. The molecule has 7 nitrogen and oxygen atoms in total. The van der Waals surface area contributed by atoms with E-state index in [1.54, 1.807) is 6.92 Å². The third-order valence-corrected chi connectivity index (χ3v) is 2.46. The summed E-state index contributed by atoms with van der Waals surface area (Å²) in [5, 5.41) is 11.3. The van der Waals surface area contributed by atoms with Gasteiger partial charge in [0.15, 0.2) is 0 Å². The van der Waals surface area contributed by atoms with Gasteiger partial charge in [-0.3, -0.25) is 9.59 Å². The fourth-order valence-corrected chi connectivity index (χ4v) is 1.37. The maximum absolute atomic E-state index is 11.6. The first-order valence-corrected chi connectivity index (χ1v) is 6.25. The Kier molecular flexibility index (Phi) is 8.32. The zero-order chi connectivity index (χ0) is 14.8. The molecule has 0 rings (SSSR count). The van der Waals surface area contributed by atoms with Crippen molar-refractivity contribution in [3.8, 4) is 0 Å². The van der Waals surface area contributed by atoms with Gasteiger partial charge in [-0.05, 0) is 13.3 Å². The van der Waals surface area contributed by atoms with Crippen LogP contribution in [0.25, 0.3) is 0 Å². The molecule has 0 aromatic heterocycles. The van der Waals surface area contributed by atoms with Gasteiger partial charge in [0.1, 0.15) is 0 Å². The third-order valence-electron chi connectivity index (χ3n) is 2.46. The van der Waals surface area contributed by atoms with E-state index >= 15 is 0 Å². The molecule has 0 aromatic rings. The van der Waals surface area contributed by atoms with Crippen molar-refractivity contribution in [3.63, 3.8) is 0 Å². The molecule has 0 heterocycles. The number of nitrogens with zero attached hydrogens (tertiary/aromatic N) is 1. The van der Waals surface area contributed by atoms with Crippen LogP contribution in [0.15, 0.2) is 0 Å². The minimum atomic E-state index is -0.943. The second-order valence-corrected chi connectivity index (χ2v) is 4.26. The molecule has 0 spiro atoms. The van der Waals surface area contributed by atoms with Gasteiger partial charge in [-0.2, -0.15) is 0 Å². The molecular formula is C12H22N2O5. The van der Waals surface area contributed by atoms with Crippen LogP contribution in [0.1, 0.15) is 26.7 Å². The number of hydrogen-bond donors (Lipinski definition) is 2. The zero-order valence-corrected chi connectivity index (χ0v) is 11.6. The fraction of sp³-hybridized carbons (Fsp3) is 0.750. The number of nitrogens with one attached hydrogen (secondary N) is 1. The molecule has 1 unspecified atom stereocenters. The average Bonchev–Trinajstić information content (AvgIpc) is 2.34. The summed E-state index contributed by atoms with van der Waals surface area (Å²) in [6.07, 6.45) is 0.746. The van der Waals surface area contributed by atoms with Crippen molar-refractivity contribution in [1.82, 2.24) is 10.2 Å². The van der Waals surface area contributed by atoms with Crippen LogP contribution in [0.2, 0.25) is 0 Å². The lowest BCUT2D eigenvalue weighted by Crippen LogP contribution is -2.41. The van der Waals surface area contributed by atoms with Crippen molar-refractivity contribution >= 4 is 18.0 Å². The van der Waals surface area contributed by atoms with Crippen LogP contribution in [0, 0.1) is 5.92 Å². The van der Waals surface area contributed by atoms with Gasteiger partial charge in [-0.1, -0.05) is 6.92 Å². The van der Waals surface area contributed by atoms with Crippen LogP contribution in [-0.4, -0.2) is 54.7 Å². The quantitative estimate of drug-likeness (QED) is 0.501. The van der Waals surface area contributed by atoms with Gasteiger partial charge in [0.05, 0.1) is 12.5 Å².